The third-order valence-electron chi connectivity index (χ3n) is 1.54. The smallest absolute Gasteiger partial charge is 1.00 e. The molecule has 0 fully saturated rings. The Morgan fingerprint density at radius 2 is 2.17 bits per heavy atom. The Kier molecular flexibility index (Phi) is 6.54. The van der Waals surface area contributed by atoms with Crippen LogP contribution in [-0.2, 0) is 4.43 Å². The van der Waals surface area contributed by atoms with Crippen molar-refractivity contribution in [2.75, 3.05) is 0 Å². The molecule has 3 heteroatoms. The van der Waals surface area contributed by atoms with E-state index in [1.54, 1.807) is 0 Å². The fourth-order valence-corrected chi connectivity index (χ4v) is 2.04. The van der Waals surface area contributed by atoms with E-state index in [4.69, 9.17) is 4.43 Å². The van der Waals surface area contributed by atoms with Gasteiger partial charge in [-0.2, -0.15) is 0 Å². The standard InChI is InChI=1S/C9H16OSi.K.H/c1-9(2,3)10-11-8-6-4-5-7-8;;/h4-6H,7,11H2,1-3H3;;/q;+1;-1. The van der Waals surface area contributed by atoms with Gasteiger partial charge >= 0.3 is 51.4 Å². The molecule has 0 amide bonds. The minimum Gasteiger partial charge on any atom is -1.00 e. The van der Waals surface area contributed by atoms with Crippen molar-refractivity contribution >= 4 is 9.76 Å². The van der Waals surface area contributed by atoms with Crippen molar-refractivity contribution in [3.63, 3.8) is 0 Å². The Labute approximate surface area is 121 Å². The van der Waals surface area contributed by atoms with E-state index in [9.17, 15) is 0 Å². The van der Waals surface area contributed by atoms with Gasteiger partial charge in [0.1, 0.15) is 0 Å². The SMILES string of the molecule is CC(C)(C)O[SiH2]C1=CC=CC1.[H-].[K+]. The van der Waals surface area contributed by atoms with Gasteiger partial charge in [-0.3, -0.25) is 0 Å². The summed E-state index contributed by atoms with van der Waals surface area (Å²) in [7, 11) is -0.418. The summed E-state index contributed by atoms with van der Waals surface area (Å²) in [5, 5.41) is 1.51. The maximum Gasteiger partial charge on any atom is 1.00 e. The van der Waals surface area contributed by atoms with E-state index in [1.165, 1.54) is 5.20 Å². The van der Waals surface area contributed by atoms with Gasteiger partial charge in [-0.1, -0.05) is 23.4 Å². The first-order valence-corrected chi connectivity index (χ1v) is 5.35. The average Bonchev–Trinajstić information content (AvgIpc) is 2.32. The summed E-state index contributed by atoms with van der Waals surface area (Å²) >= 11 is 0. The number of allylic oxidation sites excluding steroid dienone is 4. The summed E-state index contributed by atoms with van der Waals surface area (Å²) in [4.78, 5) is 0. The second-order valence-corrected chi connectivity index (χ2v) is 5.34. The third kappa shape index (κ3) is 5.86. The average molecular weight is 208 g/mol. The van der Waals surface area contributed by atoms with Crippen LogP contribution in [0.4, 0.5) is 0 Å². The first-order valence-electron chi connectivity index (χ1n) is 4.06. The molecule has 0 aliphatic heterocycles. The van der Waals surface area contributed by atoms with Gasteiger partial charge in [-0.05, 0) is 27.2 Å². The molecule has 1 rings (SSSR count). The van der Waals surface area contributed by atoms with E-state index in [0.29, 0.717) is 0 Å². The second kappa shape index (κ2) is 5.91. The molecule has 1 nitrogen and oxygen atoms in total. The van der Waals surface area contributed by atoms with Gasteiger partial charge in [0.2, 0.25) is 0 Å². The molecular formula is C9H17KOSi. The van der Waals surface area contributed by atoms with Crippen LogP contribution >= 0.6 is 0 Å². The molecule has 0 spiro atoms. The summed E-state index contributed by atoms with van der Waals surface area (Å²) in [6, 6.07) is 0. The molecule has 12 heavy (non-hydrogen) atoms. The Hall–Kier alpha value is 1.29. The summed E-state index contributed by atoms with van der Waals surface area (Å²) < 4.78 is 5.74. The molecule has 0 radical (unpaired) electrons. The van der Waals surface area contributed by atoms with Crippen molar-refractivity contribution in [2.24, 2.45) is 0 Å². The van der Waals surface area contributed by atoms with Crippen LogP contribution in [0.15, 0.2) is 23.4 Å². The van der Waals surface area contributed by atoms with Crippen molar-refractivity contribution in [1.29, 1.82) is 0 Å². The molecule has 0 saturated heterocycles. The maximum absolute atomic E-state index is 5.74. The molecule has 0 aromatic carbocycles. The zero-order chi connectivity index (χ0) is 8.32. The maximum atomic E-state index is 5.74. The van der Waals surface area contributed by atoms with Crippen molar-refractivity contribution in [2.45, 2.75) is 32.8 Å². The van der Waals surface area contributed by atoms with Crippen molar-refractivity contribution in [3.8, 4) is 0 Å². The van der Waals surface area contributed by atoms with Gasteiger partial charge in [0.05, 0.1) is 0 Å². The van der Waals surface area contributed by atoms with Crippen LogP contribution in [0.5, 0.6) is 0 Å². The monoisotopic (exact) mass is 208 g/mol. The number of hydrogen-bond donors (Lipinski definition) is 0. The molecule has 0 atom stereocenters. The molecule has 64 valence electrons. The summed E-state index contributed by atoms with van der Waals surface area (Å²) in [5.74, 6) is 0. The molecule has 1 aliphatic carbocycles. The quantitative estimate of drug-likeness (QED) is 0.521. The molecule has 0 aromatic rings. The van der Waals surface area contributed by atoms with Crippen LogP contribution in [0.1, 0.15) is 28.6 Å². The Morgan fingerprint density at radius 1 is 1.50 bits per heavy atom. The predicted molar refractivity (Wildman–Crippen MR) is 52.3 cm³/mol. The van der Waals surface area contributed by atoms with E-state index in [-0.39, 0.29) is 58.4 Å². The second-order valence-electron chi connectivity index (χ2n) is 3.86. The van der Waals surface area contributed by atoms with Gasteiger partial charge in [-0.25, -0.2) is 0 Å². The van der Waals surface area contributed by atoms with Crippen LogP contribution in [0.3, 0.4) is 0 Å². The summed E-state index contributed by atoms with van der Waals surface area (Å²) in [6.07, 6.45) is 7.63. The topological polar surface area (TPSA) is 9.23 Å². The minimum atomic E-state index is -0.418. The Balaban J connectivity index is 0. The molecule has 0 heterocycles. The zero-order valence-electron chi connectivity index (χ0n) is 9.55. The van der Waals surface area contributed by atoms with Gasteiger partial charge in [0.25, 0.3) is 0 Å². The Bertz CT molecular complexity index is 196. The molecule has 0 N–H and O–H groups in total. The van der Waals surface area contributed by atoms with Crippen LogP contribution < -0.4 is 51.4 Å². The molecule has 0 aromatic heterocycles. The van der Waals surface area contributed by atoms with Crippen molar-refractivity contribution in [3.05, 3.63) is 23.4 Å². The van der Waals surface area contributed by atoms with E-state index >= 15 is 0 Å². The fourth-order valence-electron chi connectivity index (χ4n) is 0.908. The summed E-state index contributed by atoms with van der Waals surface area (Å²) in [6.45, 7) is 6.34. The third-order valence-corrected chi connectivity index (χ3v) is 3.44. The zero-order valence-corrected chi connectivity index (χ0v) is 13.1. The van der Waals surface area contributed by atoms with Crippen LogP contribution in [0, 0.1) is 0 Å². The largest absolute Gasteiger partial charge is 1.00 e. The van der Waals surface area contributed by atoms with Crippen LogP contribution in [0.25, 0.3) is 0 Å². The Morgan fingerprint density at radius 3 is 2.58 bits per heavy atom. The van der Waals surface area contributed by atoms with E-state index in [1.807, 2.05) is 0 Å². The summed E-state index contributed by atoms with van der Waals surface area (Å²) in [5.41, 5.74) is 0.0512. The van der Waals surface area contributed by atoms with Gasteiger partial charge < -0.3 is 5.85 Å². The van der Waals surface area contributed by atoms with Crippen LogP contribution in [0.2, 0.25) is 0 Å². The molecule has 0 saturated carbocycles. The molecular weight excluding hydrogens is 191 g/mol. The first-order chi connectivity index (χ1) is 5.08. The molecule has 1 aliphatic rings. The fraction of sp³-hybridized carbons (Fsp3) is 0.556. The van der Waals surface area contributed by atoms with E-state index in [0.717, 1.165) is 6.42 Å². The number of rotatable bonds is 2. The van der Waals surface area contributed by atoms with Crippen molar-refractivity contribution in [1.82, 2.24) is 0 Å². The van der Waals surface area contributed by atoms with Crippen LogP contribution in [-0.4, -0.2) is 15.4 Å². The van der Waals surface area contributed by atoms with E-state index < -0.39 is 9.76 Å². The molecule has 0 bridgehead atoms. The van der Waals surface area contributed by atoms with E-state index in [2.05, 4.69) is 39.0 Å². The predicted octanol–water partition coefficient (Wildman–Crippen LogP) is -1.15. The normalized spacial score (nSPS) is 16.8. The number of hydrogen-bond acceptors (Lipinski definition) is 1. The van der Waals surface area contributed by atoms with Crippen molar-refractivity contribution < 1.29 is 57.2 Å². The first kappa shape index (κ1) is 13.3. The molecule has 0 unspecified atom stereocenters. The van der Waals surface area contributed by atoms with Gasteiger partial charge in [-0.15, -0.1) is 0 Å². The minimum absolute atomic E-state index is 0. The van der Waals surface area contributed by atoms with Gasteiger partial charge in [0.15, 0.2) is 9.76 Å². The van der Waals surface area contributed by atoms with Gasteiger partial charge in [0, 0.05) is 5.60 Å².